The SMILES string of the molecule is COc1ccc(C)cc1NC(=O)C(C)C(N)=S. The summed E-state index contributed by atoms with van der Waals surface area (Å²) in [6, 6.07) is 5.55. The molecule has 0 aromatic heterocycles. The second kappa shape index (κ2) is 5.63. The van der Waals surface area contributed by atoms with E-state index < -0.39 is 5.92 Å². The number of benzene rings is 1. The number of rotatable bonds is 4. The molecule has 92 valence electrons. The van der Waals surface area contributed by atoms with Gasteiger partial charge in [0.05, 0.1) is 23.7 Å². The van der Waals surface area contributed by atoms with Gasteiger partial charge in [0.2, 0.25) is 5.91 Å². The summed E-state index contributed by atoms with van der Waals surface area (Å²) in [7, 11) is 1.55. The van der Waals surface area contributed by atoms with Crippen molar-refractivity contribution in [1.29, 1.82) is 0 Å². The Morgan fingerprint density at radius 2 is 2.18 bits per heavy atom. The lowest BCUT2D eigenvalue weighted by Gasteiger charge is -2.14. The molecule has 4 nitrogen and oxygen atoms in total. The van der Waals surface area contributed by atoms with E-state index in [4.69, 9.17) is 22.7 Å². The highest BCUT2D eigenvalue weighted by atomic mass is 32.1. The number of thiocarbonyl (C=S) groups is 1. The Bertz CT molecular complexity index is 446. The maximum absolute atomic E-state index is 11.8. The number of nitrogens with one attached hydrogen (secondary N) is 1. The number of hydrogen-bond acceptors (Lipinski definition) is 3. The van der Waals surface area contributed by atoms with Crippen LogP contribution in [0.25, 0.3) is 0 Å². The largest absolute Gasteiger partial charge is 0.495 e. The quantitative estimate of drug-likeness (QED) is 0.803. The molecule has 5 heteroatoms. The van der Waals surface area contributed by atoms with E-state index in [1.807, 2.05) is 19.1 Å². The number of carbonyl (C=O) groups is 1. The van der Waals surface area contributed by atoms with E-state index in [0.29, 0.717) is 11.4 Å². The third-order valence-corrected chi connectivity index (χ3v) is 2.79. The number of nitrogens with two attached hydrogens (primary N) is 1. The van der Waals surface area contributed by atoms with Crippen LogP contribution in [0.15, 0.2) is 18.2 Å². The Morgan fingerprint density at radius 3 is 2.71 bits per heavy atom. The summed E-state index contributed by atoms with van der Waals surface area (Å²) in [6.07, 6.45) is 0. The maximum Gasteiger partial charge on any atom is 0.234 e. The summed E-state index contributed by atoms with van der Waals surface area (Å²) in [5.41, 5.74) is 7.09. The molecule has 1 aromatic rings. The first kappa shape index (κ1) is 13.4. The van der Waals surface area contributed by atoms with E-state index in [-0.39, 0.29) is 10.9 Å². The van der Waals surface area contributed by atoms with E-state index in [2.05, 4.69) is 5.32 Å². The molecule has 0 saturated carbocycles. The summed E-state index contributed by atoms with van der Waals surface area (Å²) in [5, 5.41) is 2.75. The lowest BCUT2D eigenvalue weighted by molar-refractivity contribution is -0.117. The normalized spacial score (nSPS) is 11.7. The van der Waals surface area contributed by atoms with Crippen molar-refractivity contribution in [3.8, 4) is 5.75 Å². The van der Waals surface area contributed by atoms with Gasteiger partial charge in [0.15, 0.2) is 0 Å². The first-order valence-corrected chi connectivity index (χ1v) is 5.61. The van der Waals surface area contributed by atoms with E-state index >= 15 is 0 Å². The molecular weight excluding hydrogens is 236 g/mol. The Hall–Kier alpha value is -1.62. The molecule has 0 saturated heterocycles. The zero-order valence-electron chi connectivity index (χ0n) is 10.1. The average molecular weight is 252 g/mol. The van der Waals surface area contributed by atoms with Gasteiger partial charge in [-0.2, -0.15) is 0 Å². The van der Waals surface area contributed by atoms with Crippen molar-refractivity contribution in [3.05, 3.63) is 23.8 Å². The lowest BCUT2D eigenvalue weighted by Crippen LogP contribution is -2.30. The molecule has 0 fully saturated rings. The zero-order chi connectivity index (χ0) is 13.0. The predicted octanol–water partition coefficient (Wildman–Crippen LogP) is 1.86. The highest BCUT2D eigenvalue weighted by molar-refractivity contribution is 7.80. The van der Waals surface area contributed by atoms with Crippen molar-refractivity contribution in [3.63, 3.8) is 0 Å². The molecule has 17 heavy (non-hydrogen) atoms. The van der Waals surface area contributed by atoms with Crippen molar-refractivity contribution in [1.82, 2.24) is 0 Å². The third kappa shape index (κ3) is 3.42. The fourth-order valence-electron chi connectivity index (χ4n) is 1.29. The van der Waals surface area contributed by atoms with Crippen molar-refractivity contribution < 1.29 is 9.53 Å². The molecular formula is C12H16N2O2S. The van der Waals surface area contributed by atoms with E-state index in [1.165, 1.54) is 0 Å². The summed E-state index contributed by atoms with van der Waals surface area (Å²) < 4.78 is 5.16. The molecule has 0 bridgehead atoms. The maximum atomic E-state index is 11.8. The van der Waals surface area contributed by atoms with Gasteiger partial charge in [0.25, 0.3) is 0 Å². The van der Waals surface area contributed by atoms with Crippen LogP contribution in [-0.2, 0) is 4.79 Å². The first-order chi connectivity index (χ1) is 7.95. The van der Waals surface area contributed by atoms with Gasteiger partial charge in [-0.15, -0.1) is 0 Å². The Balaban J connectivity index is 2.91. The Kier molecular flexibility index (Phi) is 4.45. The Morgan fingerprint density at radius 1 is 1.53 bits per heavy atom. The van der Waals surface area contributed by atoms with Crippen LogP contribution in [0.1, 0.15) is 12.5 Å². The number of amides is 1. The van der Waals surface area contributed by atoms with Crippen LogP contribution in [0.3, 0.4) is 0 Å². The summed E-state index contributed by atoms with van der Waals surface area (Å²) in [5.74, 6) is -0.129. The predicted molar refractivity (Wildman–Crippen MR) is 72.3 cm³/mol. The third-order valence-electron chi connectivity index (χ3n) is 2.43. The number of methoxy groups -OCH3 is 1. The monoisotopic (exact) mass is 252 g/mol. The minimum Gasteiger partial charge on any atom is -0.495 e. The van der Waals surface area contributed by atoms with Gasteiger partial charge in [0, 0.05) is 0 Å². The van der Waals surface area contributed by atoms with Crippen molar-refractivity contribution in [2.24, 2.45) is 11.7 Å². The number of carbonyl (C=O) groups excluding carboxylic acids is 1. The molecule has 0 spiro atoms. The van der Waals surface area contributed by atoms with Gasteiger partial charge >= 0.3 is 0 Å². The van der Waals surface area contributed by atoms with Crippen molar-refractivity contribution in [2.75, 3.05) is 12.4 Å². The molecule has 0 heterocycles. The zero-order valence-corrected chi connectivity index (χ0v) is 10.9. The van der Waals surface area contributed by atoms with Crippen LogP contribution >= 0.6 is 12.2 Å². The molecule has 0 aliphatic carbocycles. The van der Waals surface area contributed by atoms with E-state index in [9.17, 15) is 4.79 Å². The summed E-state index contributed by atoms with van der Waals surface area (Å²) in [6.45, 7) is 3.60. The topological polar surface area (TPSA) is 64.3 Å². The number of ether oxygens (including phenoxy) is 1. The lowest BCUT2D eigenvalue weighted by atomic mass is 10.1. The highest BCUT2D eigenvalue weighted by Gasteiger charge is 2.17. The van der Waals surface area contributed by atoms with Gasteiger partial charge in [-0.05, 0) is 31.5 Å². The van der Waals surface area contributed by atoms with Gasteiger partial charge < -0.3 is 15.8 Å². The minimum atomic E-state index is -0.504. The molecule has 1 atom stereocenters. The number of anilines is 1. The minimum absolute atomic E-state index is 0.175. The molecule has 0 radical (unpaired) electrons. The van der Waals surface area contributed by atoms with Crippen molar-refractivity contribution in [2.45, 2.75) is 13.8 Å². The summed E-state index contributed by atoms with van der Waals surface area (Å²) in [4.78, 5) is 12.0. The average Bonchev–Trinajstić information content (AvgIpc) is 2.28. The van der Waals surface area contributed by atoms with Crippen LogP contribution in [0.5, 0.6) is 5.75 Å². The van der Waals surface area contributed by atoms with Gasteiger partial charge in [0.1, 0.15) is 5.75 Å². The van der Waals surface area contributed by atoms with Crippen LogP contribution < -0.4 is 15.8 Å². The second-order valence-corrected chi connectivity index (χ2v) is 4.29. The van der Waals surface area contributed by atoms with Crippen LogP contribution in [0.2, 0.25) is 0 Å². The molecule has 1 rings (SSSR count). The standard InChI is InChI=1S/C12H16N2O2S/c1-7-4-5-10(16-3)9(6-7)14-12(15)8(2)11(13)17/h4-6,8H,1-3H3,(H2,13,17)(H,14,15). The van der Waals surface area contributed by atoms with Gasteiger partial charge in [-0.25, -0.2) is 0 Å². The summed E-state index contributed by atoms with van der Waals surface area (Å²) >= 11 is 4.78. The molecule has 1 aromatic carbocycles. The second-order valence-electron chi connectivity index (χ2n) is 3.82. The molecule has 0 aliphatic heterocycles. The van der Waals surface area contributed by atoms with E-state index in [0.717, 1.165) is 5.56 Å². The Labute approximate surface area is 106 Å². The fraction of sp³-hybridized carbons (Fsp3) is 0.333. The van der Waals surface area contributed by atoms with Gasteiger partial charge in [-0.1, -0.05) is 18.3 Å². The van der Waals surface area contributed by atoms with Crippen LogP contribution in [0, 0.1) is 12.8 Å². The molecule has 3 N–H and O–H groups in total. The smallest absolute Gasteiger partial charge is 0.234 e. The molecule has 1 unspecified atom stereocenters. The van der Waals surface area contributed by atoms with Crippen LogP contribution in [0.4, 0.5) is 5.69 Å². The fourth-order valence-corrected chi connectivity index (χ4v) is 1.40. The van der Waals surface area contributed by atoms with E-state index in [1.54, 1.807) is 20.1 Å². The first-order valence-electron chi connectivity index (χ1n) is 5.20. The van der Waals surface area contributed by atoms with Gasteiger partial charge in [-0.3, -0.25) is 4.79 Å². The molecule has 0 aliphatic rings. The highest BCUT2D eigenvalue weighted by Crippen LogP contribution is 2.25. The number of aryl methyl sites for hydroxylation is 1. The molecule has 1 amide bonds. The van der Waals surface area contributed by atoms with Crippen LogP contribution in [-0.4, -0.2) is 18.0 Å². The van der Waals surface area contributed by atoms with Crippen molar-refractivity contribution >= 4 is 28.8 Å². The number of hydrogen-bond donors (Lipinski definition) is 2.